The van der Waals surface area contributed by atoms with E-state index in [2.05, 4.69) is 10.3 Å². The number of fused-ring (bicyclic) bond motifs is 1. The molecule has 1 heterocycles. The van der Waals surface area contributed by atoms with Crippen LogP contribution in [0.15, 0.2) is 29.0 Å². The first kappa shape index (κ1) is 11.1. The highest BCUT2D eigenvalue weighted by Gasteiger charge is 2.01. The van der Waals surface area contributed by atoms with Crippen LogP contribution in [0.2, 0.25) is 0 Å². The molecule has 0 radical (unpaired) electrons. The minimum atomic E-state index is 0.00834. The summed E-state index contributed by atoms with van der Waals surface area (Å²) in [4.78, 5) is 4.06. The van der Waals surface area contributed by atoms with Crippen LogP contribution in [0, 0.1) is 0 Å². The van der Waals surface area contributed by atoms with E-state index in [0.29, 0.717) is 13.1 Å². The predicted octanol–water partition coefficient (Wildman–Crippen LogP) is 0.203. The minimum absolute atomic E-state index is 0.00834. The summed E-state index contributed by atoms with van der Waals surface area (Å²) in [5.41, 5.74) is 14.0. The molecule has 0 spiro atoms. The summed E-state index contributed by atoms with van der Waals surface area (Å²) in [5.74, 6) is 0. The van der Waals surface area contributed by atoms with Gasteiger partial charge in [0, 0.05) is 25.7 Å². The van der Waals surface area contributed by atoms with Crippen LogP contribution in [0.5, 0.6) is 0 Å². The molecule has 5 N–H and O–H groups in total. The molecule has 0 saturated heterocycles. The van der Waals surface area contributed by atoms with Crippen molar-refractivity contribution in [2.24, 2.45) is 11.5 Å². The fourth-order valence-electron chi connectivity index (χ4n) is 1.49. The Morgan fingerprint density at radius 1 is 1.44 bits per heavy atom. The Kier molecular flexibility index (Phi) is 3.51. The van der Waals surface area contributed by atoms with Gasteiger partial charge in [-0.1, -0.05) is 6.07 Å². The number of nitrogens with two attached hydrogens (primary N) is 2. The first-order valence-electron chi connectivity index (χ1n) is 5.28. The number of nitrogens with zero attached hydrogens (tertiary/aromatic N) is 1. The number of hydrogen-bond acceptors (Lipinski definition) is 5. The third kappa shape index (κ3) is 2.57. The van der Waals surface area contributed by atoms with Crippen LogP contribution in [-0.2, 0) is 6.54 Å². The van der Waals surface area contributed by atoms with Gasteiger partial charge in [-0.3, -0.25) is 0 Å². The number of rotatable bonds is 5. The summed E-state index contributed by atoms with van der Waals surface area (Å²) in [6.45, 7) is 1.96. The predicted molar refractivity (Wildman–Crippen MR) is 62.7 cm³/mol. The molecular weight excluding hydrogens is 204 g/mol. The minimum Gasteiger partial charge on any atom is -0.443 e. The van der Waals surface area contributed by atoms with E-state index < -0.39 is 0 Å². The van der Waals surface area contributed by atoms with E-state index in [1.165, 1.54) is 6.39 Å². The van der Waals surface area contributed by atoms with Crippen LogP contribution in [0.4, 0.5) is 0 Å². The first-order chi connectivity index (χ1) is 7.79. The van der Waals surface area contributed by atoms with Gasteiger partial charge in [0.2, 0.25) is 0 Å². The SMILES string of the molecule is NCC(N)CNCc1ccc2ncoc2c1. The fraction of sp³-hybridized carbons (Fsp3) is 0.364. The number of benzene rings is 1. The van der Waals surface area contributed by atoms with Crippen LogP contribution in [0.25, 0.3) is 11.1 Å². The highest BCUT2D eigenvalue weighted by Crippen LogP contribution is 2.13. The largest absolute Gasteiger partial charge is 0.443 e. The Morgan fingerprint density at radius 3 is 3.12 bits per heavy atom. The topological polar surface area (TPSA) is 90.1 Å². The summed E-state index contributed by atoms with van der Waals surface area (Å²) in [6, 6.07) is 5.95. The lowest BCUT2D eigenvalue weighted by molar-refractivity contribution is 0.580. The molecule has 1 aromatic heterocycles. The van der Waals surface area contributed by atoms with Gasteiger partial charge in [-0.2, -0.15) is 0 Å². The summed E-state index contributed by atoms with van der Waals surface area (Å²) in [6.07, 6.45) is 1.45. The lowest BCUT2D eigenvalue weighted by atomic mass is 10.2. The Morgan fingerprint density at radius 2 is 2.31 bits per heavy atom. The number of aromatic nitrogens is 1. The third-order valence-corrected chi connectivity index (χ3v) is 2.43. The van der Waals surface area contributed by atoms with Crippen molar-refractivity contribution in [3.05, 3.63) is 30.2 Å². The van der Waals surface area contributed by atoms with Crippen molar-refractivity contribution in [1.82, 2.24) is 10.3 Å². The average molecular weight is 220 g/mol. The summed E-state index contributed by atoms with van der Waals surface area (Å²) < 4.78 is 5.22. The lowest BCUT2D eigenvalue weighted by Gasteiger charge is -2.09. The Balaban J connectivity index is 1.93. The van der Waals surface area contributed by atoms with E-state index in [0.717, 1.165) is 23.2 Å². The van der Waals surface area contributed by atoms with Gasteiger partial charge in [0.1, 0.15) is 5.52 Å². The maximum atomic E-state index is 5.70. The molecule has 0 aliphatic heterocycles. The van der Waals surface area contributed by atoms with E-state index in [1.54, 1.807) is 0 Å². The molecule has 2 rings (SSSR count). The molecule has 1 atom stereocenters. The molecule has 0 bridgehead atoms. The van der Waals surface area contributed by atoms with Crippen LogP contribution >= 0.6 is 0 Å². The monoisotopic (exact) mass is 220 g/mol. The van der Waals surface area contributed by atoms with E-state index >= 15 is 0 Å². The van der Waals surface area contributed by atoms with E-state index in [4.69, 9.17) is 15.9 Å². The zero-order chi connectivity index (χ0) is 11.4. The summed E-state index contributed by atoms with van der Waals surface area (Å²) in [7, 11) is 0. The third-order valence-electron chi connectivity index (χ3n) is 2.43. The zero-order valence-corrected chi connectivity index (χ0v) is 9.02. The fourth-order valence-corrected chi connectivity index (χ4v) is 1.49. The molecule has 0 aliphatic rings. The molecule has 0 amide bonds. The molecule has 5 nitrogen and oxygen atoms in total. The highest BCUT2D eigenvalue weighted by molar-refractivity contribution is 5.72. The first-order valence-corrected chi connectivity index (χ1v) is 5.28. The number of nitrogens with one attached hydrogen (secondary N) is 1. The molecule has 0 saturated carbocycles. The van der Waals surface area contributed by atoms with Crippen molar-refractivity contribution < 1.29 is 4.42 Å². The van der Waals surface area contributed by atoms with Crippen molar-refractivity contribution in [3.8, 4) is 0 Å². The highest BCUT2D eigenvalue weighted by atomic mass is 16.3. The summed E-state index contributed by atoms with van der Waals surface area (Å²) in [5, 5.41) is 3.24. The van der Waals surface area contributed by atoms with Gasteiger partial charge < -0.3 is 21.2 Å². The number of oxazole rings is 1. The molecule has 2 aromatic rings. The van der Waals surface area contributed by atoms with Crippen molar-refractivity contribution in [2.45, 2.75) is 12.6 Å². The van der Waals surface area contributed by atoms with Crippen LogP contribution in [-0.4, -0.2) is 24.1 Å². The Labute approximate surface area is 93.8 Å². The second-order valence-corrected chi connectivity index (χ2v) is 3.78. The molecule has 5 heteroatoms. The lowest BCUT2D eigenvalue weighted by Crippen LogP contribution is -2.39. The molecular formula is C11H16N4O. The maximum absolute atomic E-state index is 5.70. The Bertz CT molecular complexity index is 454. The summed E-state index contributed by atoms with van der Waals surface area (Å²) >= 11 is 0. The van der Waals surface area contributed by atoms with Gasteiger partial charge in [-0.15, -0.1) is 0 Å². The quantitative estimate of drug-likeness (QED) is 0.670. The molecule has 86 valence electrons. The normalized spacial score (nSPS) is 13.1. The van der Waals surface area contributed by atoms with Gasteiger partial charge in [0.05, 0.1) is 0 Å². The molecule has 16 heavy (non-hydrogen) atoms. The smallest absolute Gasteiger partial charge is 0.181 e. The van der Waals surface area contributed by atoms with E-state index in [1.807, 2.05) is 18.2 Å². The van der Waals surface area contributed by atoms with Gasteiger partial charge in [-0.25, -0.2) is 4.98 Å². The van der Waals surface area contributed by atoms with Crippen LogP contribution in [0.3, 0.4) is 0 Å². The second-order valence-electron chi connectivity index (χ2n) is 3.78. The van der Waals surface area contributed by atoms with Crippen molar-refractivity contribution in [1.29, 1.82) is 0 Å². The van der Waals surface area contributed by atoms with Crippen LogP contribution in [0.1, 0.15) is 5.56 Å². The number of hydrogen-bond donors (Lipinski definition) is 3. The van der Waals surface area contributed by atoms with E-state index in [9.17, 15) is 0 Å². The van der Waals surface area contributed by atoms with Crippen molar-refractivity contribution in [3.63, 3.8) is 0 Å². The molecule has 0 fully saturated rings. The molecule has 1 aromatic carbocycles. The molecule has 0 aliphatic carbocycles. The van der Waals surface area contributed by atoms with Crippen molar-refractivity contribution >= 4 is 11.1 Å². The van der Waals surface area contributed by atoms with Crippen LogP contribution < -0.4 is 16.8 Å². The zero-order valence-electron chi connectivity index (χ0n) is 9.02. The maximum Gasteiger partial charge on any atom is 0.181 e. The van der Waals surface area contributed by atoms with Crippen molar-refractivity contribution in [2.75, 3.05) is 13.1 Å². The van der Waals surface area contributed by atoms with Gasteiger partial charge in [0.25, 0.3) is 0 Å². The average Bonchev–Trinajstić information content (AvgIpc) is 2.76. The standard InChI is InChI=1S/C11H16N4O/c12-4-9(13)6-14-5-8-1-2-10-11(3-8)16-7-15-10/h1-3,7,9,14H,4-6,12-13H2. The van der Waals surface area contributed by atoms with Gasteiger partial charge in [-0.05, 0) is 17.7 Å². The van der Waals surface area contributed by atoms with Gasteiger partial charge in [0.15, 0.2) is 12.0 Å². The Hall–Kier alpha value is -1.43. The second kappa shape index (κ2) is 5.07. The van der Waals surface area contributed by atoms with E-state index in [-0.39, 0.29) is 6.04 Å². The molecule has 1 unspecified atom stereocenters. The van der Waals surface area contributed by atoms with Gasteiger partial charge >= 0.3 is 0 Å².